The molecule has 0 saturated carbocycles. The van der Waals surface area contributed by atoms with Gasteiger partial charge in [-0.15, -0.1) is 11.8 Å². The van der Waals surface area contributed by atoms with Crippen molar-refractivity contribution in [2.75, 3.05) is 13.4 Å². The zero-order valence-electron chi connectivity index (χ0n) is 9.74. The smallest absolute Gasteiger partial charge is 0.127 e. The van der Waals surface area contributed by atoms with Crippen LogP contribution in [0.5, 0.6) is 5.75 Å². The van der Waals surface area contributed by atoms with Gasteiger partial charge >= 0.3 is 0 Å². The van der Waals surface area contributed by atoms with Crippen LogP contribution in [0.1, 0.15) is 0 Å². The molecule has 2 rings (SSSR count). The average molecular weight is 248 g/mol. The number of methoxy groups -OCH3 is 1. The van der Waals surface area contributed by atoms with Crippen LogP contribution in [0.3, 0.4) is 0 Å². The summed E-state index contributed by atoms with van der Waals surface area (Å²) in [5.74, 6) is 0.252. The van der Waals surface area contributed by atoms with Gasteiger partial charge in [-0.05, 0) is 41.6 Å². The maximum Gasteiger partial charge on any atom is 0.127 e. The van der Waals surface area contributed by atoms with Crippen molar-refractivity contribution in [3.05, 3.63) is 48.3 Å². The quantitative estimate of drug-likeness (QED) is 0.752. The zero-order chi connectivity index (χ0) is 12.3. The predicted molar refractivity (Wildman–Crippen MR) is 70.2 cm³/mol. The number of ether oxygens (including phenoxy) is 1. The second-order valence-corrected chi connectivity index (χ2v) is 4.49. The van der Waals surface area contributed by atoms with Crippen molar-refractivity contribution < 1.29 is 9.13 Å². The third-order valence-electron chi connectivity index (χ3n) is 2.53. The van der Waals surface area contributed by atoms with Crippen LogP contribution in [-0.4, -0.2) is 13.4 Å². The molecule has 0 aliphatic rings. The summed E-state index contributed by atoms with van der Waals surface area (Å²) in [5.41, 5.74) is 1.81. The highest BCUT2D eigenvalue weighted by Gasteiger charge is 2.03. The van der Waals surface area contributed by atoms with Crippen LogP contribution in [0.25, 0.3) is 11.1 Å². The van der Waals surface area contributed by atoms with E-state index in [1.165, 1.54) is 24.1 Å². The average Bonchev–Trinajstić information content (AvgIpc) is 2.38. The summed E-state index contributed by atoms with van der Waals surface area (Å²) in [4.78, 5) is 1.19. The first kappa shape index (κ1) is 12.0. The largest absolute Gasteiger partial charge is 0.497 e. The van der Waals surface area contributed by atoms with Crippen molar-refractivity contribution in [2.45, 2.75) is 4.90 Å². The van der Waals surface area contributed by atoms with Crippen molar-refractivity contribution >= 4 is 11.8 Å². The molecule has 2 aromatic carbocycles. The molecular formula is C14H13FOS. The summed E-state index contributed by atoms with van der Waals surface area (Å²) >= 11 is 1.68. The number of halogens is 1. The lowest BCUT2D eigenvalue weighted by Crippen LogP contribution is -1.87. The summed E-state index contributed by atoms with van der Waals surface area (Å²) in [6, 6.07) is 12.7. The predicted octanol–water partition coefficient (Wildman–Crippen LogP) is 4.22. The van der Waals surface area contributed by atoms with Gasteiger partial charge in [0.15, 0.2) is 0 Å². The van der Waals surface area contributed by atoms with E-state index in [0.717, 1.165) is 11.1 Å². The third-order valence-corrected chi connectivity index (χ3v) is 3.27. The van der Waals surface area contributed by atoms with E-state index in [9.17, 15) is 4.39 Å². The third kappa shape index (κ3) is 2.80. The van der Waals surface area contributed by atoms with E-state index in [4.69, 9.17) is 4.74 Å². The molecule has 1 nitrogen and oxygen atoms in total. The number of hydrogen-bond donors (Lipinski definition) is 0. The zero-order valence-corrected chi connectivity index (χ0v) is 10.6. The molecule has 0 radical (unpaired) electrons. The van der Waals surface area contributed by atoms with E-state index in [1.54, 1.807) is 11.8 Å². The van der Waals surface area contributed by atoms with E-state index >= 15 is 0 Å². The van der Waals surface area contributed by atoms with E-state index in [-0.39, 0.29) is 5.82 Å². The van der Waals surface area contributed by atoms with Gasteiger partial charge in [-0.25, -0.2) is 4.39 Å². The minimum absolute atomic E-state index is 0.284. The number of rotatable bonds is 3. The fourth-order valence-corrected chi connectivity index (χ4v) is 2.04. The van der Waals surface area contributed by atoms with Crippen molar-refractivity contribution in [2.24, 2.45) is 0 Å². The summed E-state index contributed by atoms with van der Waals surface area (Å²) in [6.07, 6.45) is 2.03. The van der Waals surface area contributed by atoms with Crippen LogP contribution in [0.15, 0.2) is 47.4 Å². The molecule has 0 fully saturated rings. The lowest BCUT2D eigenvalue weighted by atomic mass is 10.1. The molecule has 0 amide bonds. The molecule has 3 heteroatoms. The molecule has 17 heavy (non-hydrogen) atoms. The van der Waals surface area contributed by atoms with E-state index in [0.29, 0.717) is 5.75 Å². The number of thioether (sulfide) groups is 1. The van der Waals surface area contributed by atoms with Crippen LogP contribution in [0.2, 0.25) is 0 Å². The summed E-state index contributed by atoms with van der Waals surface area (Å²) < 4.78 is 18.4. The maximum atomic E-state index is 13.4. The molecule has 0 aliphatic carbocycles. The highest BCUT2D eigenvalue weighted by Crippen LogP contribution is 2.27. The molecule has 0 bridgehead atoms. The molecule has 0 spiro atoms. The fourth-order valence-electron chi connectivity index (χ4n) is 1.63. The van der Waals surface area contributed by atoms with Crippen LogP contribution < -0.4 is 4.74 Å². The highest BCUT2D eigenvalue weighted by molar-refractivity contribution is 7.98. The monoisotopic (exact) mass is 248 g/mol. The van der Waals surface area contributed by atoms with Crippen LogP contribution >= 0.6 is 11.8 Å². The van der Waals surface area contributed by atoms with Crippen LogP contribution in [-0.2, 0) is 0 Å². The Morgan fingerprint density at radius 1 is 1.00 bits per heavy atom. The molecule has 0 heterocycles. The van der Waals surface area contributed by atoms with Gasteiger partial charge in [0.05, 0.1) is 7.11 Å². The molecule has 0 unspecified atom stereocenters. The molecule has 0 atom stereocenters. The molecular weight excluding hydrogens is 235 g/mol. The van der Waals surface area contributed by atoms with Crippen molar-refractivity contribution in [1.82, 2.24) is 0 Å². The minimum Gasteiger partial charge on any atom is -0.497 e. The van der Waals surface area contributed by atoms with E-state index in [1.807, 2.05) is 36.6 Å². The first-order chi connectivity index (χ1) is 8.22. The molecule has 0 saturated heterocycles. The Balaban J connectivity index is 2.41. The maximum absolute atomic E-state index is 13.4. The van der Waals surface area contributed by atoms with Gasteiger partial charge < -0.3 is 4.74 Å². The van der Waals surface area contributed by atoms with Crippen LogP contribution in [0, 0.1) is 5.82 Å². The normalized spacial score (nSPS) is 10.3. The Kier molecular flexibility index (Phi) is 3.69. The van der Waals surface area contributed by atoms with Crippen LogP contribution in [0.4, 0.5) is 4.39 Å². The lowest BCUT2D eigenvalue weighted by molar-refractivity contribution is 0.411. The Labute approximate surface area is 105 Å². The molecule has 88 valence electrons. The van der Waals surface area contributed by atoms with Crippen molar-refractivity contribution in [3.63, 3.8) is 0 Å². The SMILES string of the molecule is COc1cc(F)cc(-c2ccc(SC)cc2)c1. The Morgan fingerprint density at radius 2 is 1.71 bits per heavy atom. The van der Waals surface area contributed by atoms with Crippen molar-refractivity contribution in [1.29, 1.82) is 0 Å². The molecule has 0 aliphatic heterocycles. The van der Waals surface area contributed by atoms with Gasteiger partial charge in [-0.2, -0.15) is 0 Å². The van der Waals surface area contributed by atoms with Crippen molar-refractivity contribution in [3.8, 4) is 16.9 Å². The van der Waals surface area contributed by atoms with Gasteiger partial charge in [-0.1, -0.05) is 12.1 Å². The molecule has 0 N–H and O–H groups in total. The molecule has 0 aromatic heterocycles. The Bertz CT molecular complexity index is 508. The topological polar surface area (TPSA) is 9.23 Å². The van der Waals surface area contributed by atoms with Gasteiger partial charge in [0.1, 0.15) is 11.6 Å². The van der Waals surface area contributed by atoms with Gasteiger partial charge in [0.2, 0.25) is 0 Å². The van der Waals surface area contributed by atoms with Gasteiger partial charge in [-0.3, -0.25) is 0 Å². The van der Waals surface area contributed by atoms with E-state index in [2.05, 4.69) is 0 Å². The summed E-state index contributed by atoms with van der Waals surface area (Å²) in [6.45, 7) is 0. The standard InChI is InChI=1S/C14H13FOS/c1-16-13-8-11(7-12(15)9-13)10-3-5-14(17-2)6-4-10/h3-9H,1-2H3. The fraction of sp³-hybridized carbons (Fsp3) is 0.143. The Morgan fingerprint density at radius 3 is 2.29 bits per heavy atom. The summed E-state index contributed by atoms with van der Waals surface area (Å²) in [5, 5.41) is 0. The first-order valence-corrected chi connectivity index (χ1v) is 6.44. The number of hydrogen-bond acceptors (Lipinski definition) is 2. The second kappa shape index (κ2) is 5.23. The van der Waals surface area contributed by atoms with E-state index < -0.39 is 0 Å². The number of benzene rings is 2. The Hall–Kier alpha value is -1.48. The summed E-state index contributed by atoms with van der Waals surface area (Å²) in [7, 11) is 1.54. The highest BCUT2D eigenvalue weighted by atomic mass is 32.2. The minimum atomic E-state index is -0.284. The first-order valence-electron chi connectivity index (χ1n) is 5.22. The molecule has 2 aromatic rings. The van der Waals surface area contributed by atoms with Gasteiger partial charge in [0.25, 0.3) is 0 Å². The van der Waals surface area contributed by atoms with Gasteiger partial charge in [0, 0.05) is 11.0 Å². The lowest BCUT2D eigenvalue weighted by Gasteiger charge is -2.06. The second-order valence-electron chi connectivity index (χ2n) is 3.61.